The number of nitrogens with one attached hydrogen (secondary N) is 2. The van der Waals surface area contributed by atoms with E-state index < -0.39 is 55.1 Å². The van der Waals surface area contributed by atoms with Crippen molar-refractivity contribution in [2.24, 2.45) is 0 Å². The van der Waals surface area contributed by atoms with Gasteiger partial charge in [0.15, 0.2) is 0 Å². The van der Waals surface area contributed by atoms with Crippen molar-refractivity contribution in [2.45, 2.75) is 39.9 Å². The fraction of sp³-hybridized carbons (Fsp3) is 0.500. The molecule has 0 fully saturated rings. The van der Waals surface area contributed by atoms with Gasteiger partial charge in [0.05, 0.1) is 6.61 Å². The van der Waals surface area contributed by atoms with Crippen molar-refractivity contribution >= 4 is 29.8 Å². The normalized spacial score (nSPS) is 10.5. The lowest BCUT2D eigenvalue weighted by molar-refractivity contribution is -0.159. The number of rotatable bonds is 11. The van der Waals surface area contributed by atoms with Gasteiger partial charge in [0.2, 0.25) is 11.8 Å². The molecule has 0 aliphatic heterocycles. The van der Waals surface area contributed by atoms with Crippen molar-refractivity contribution in [1.82, 2.24) is 15.5 Å². The lowest BCUT2D eigenvalue weighted by Gasteiger charge is -2.25. The van der Waals surface area contributed by atoms with Gasteiger partial charge in [-0.05, 0) is 33.3 Å². The zero-order valence-electron chi connectivity index (χ0n) is 19.3. The number of hydrogen-bond acceptors (Lipinski definition) is 8. The van der Waals surface area contributed by atoms with Crippen LogP contribution in [0.25, 0.3) is 0 Å². The number of benzene rings is 1. The Morgan fingerprint density at radius 3 is 2.15 bits per heavy atom. The molecular formula is C22H31N3O8. The molecule has 3 amide bonds. The molecule has 1 rings (SSSR count). The van der Waals surface area contributed by atoms with Crippen LogP contribution >= 0.6 is 0 Å². The molecule has 0 bridgehead atoms. The monoisotopic (exact) mass is 465 g/mol. The summed E-state index contributed by atoms with van der Waals surface area (Å²) in [5, 5.41) is 4.59. The van der Waals surface area contributed by atoms with E-state index in [9.17, 15) is 24.0 Å². The molecule has 33 heavy (non-hydrogen) atoms. The van der Waals surface area contributed by atoms with Crippen molar-refractivity contribution in [1.29, 1.82) is 0 Å². The van der Waals surface area contributed by atoms with Gasteiger partial charge in [-0.3, -0.25) is 19.2 Å². The Balaban J connectivity index is 2.64. The first-order chi connectivity index (χ1) is 15.5. The second kappa shape index (κ2) is 13.7. The minimum atomic E-state index is -0.837. The topological polar surface area (TPSA) is 140 Å². The van der Waals surface area contributed by atoms with E-state index >= 15 is 0 Å². The van der Waals surface area contributed by atoms with E-state index in [1.807, 2.05) is 6.07 Å². The molecule has 0 aliphatic carbocycles. The predicted octanol–water partition coefficient (Wildman–Crippen LogP) is 0.762. The lowest BCUT2D eigenvalue weighted by Crippen LogP contribution is -2.48. The Morgan fingerprint density at radius 1 is 0.879 bits per heavy atom. The third-order valence-electron chi connectivity index (χ3n) is 3.76. The first-order valence-electron chi connectivity index (χ1n) is 10.4. The zero-order valence-corrected chi connectivity index (χ0v) is 19.3. The van der Waals surface area contributed by atoms with Gasteiger partial charge in [0.1, 0.15) is 38.4 Å². The molecule has 2 N–H and O–H groups in total. The van der Waals surface area contributed by atoms with Crippen molar-refractivity contribution in [2.75, 3.05) is 32.8 Å². The summed E-state index contributed by atoms with van der Waals surface area (Å²) in [5.74, 6) is -2.78. The van der Waals surface area contributed by atoms with Gasteiger partial charge in [-0.1, -0.05) is 30.3 Å². The van der Waals surface area contributed by atoms with Crippen LogP contribution in [0.1, 0.15) is 33.3 Å². The van der Waals surface area contributed by atoms with Crippen LogP contribution in [0.5, 0.6) is 0 Å². The molecular weight excluding hydrogens is 434 g/mol. The maximum atomic E-state index is 12.6. The molecule has 0 aromatic heterocycles. The van der Waals surface area contributed by atoms with Crippen molar-refractivity contribution in [3.05, 3.63) is 35.9 Å². The minimum absolute atomic E-state index is 0.0127. The summed E-state index contributed by atoms with van der Waals surface area (Å²) in [6.07, 6.45) is -0.837. The Kier molecular flexibility index (Phi) is 11.4. The first kappa shape index (κ1) is 27.4. The SMILES string of the molecule is CCOC(=O)CNC(=O)CN(CC(=O)OC(C)(C)C)C(=O)CNC(=O)OCc1ccccc1. The van der Waals surface area contributed by atoms with E-state index in [1.54, 1.807) is 52.0 Å². The van der Waals surface area contributed by atoms with E-state index in [1.165, 1.54) is 0 Å². The summed E-state index contributed by atoms with van der Waals surface area (Å²) in [5.41, 5.74) is -0.0268. The Morgan fingerprint density at radius 2 is 1.55 bits per heavy atom. The number of carbonyl (C=O) groups is 5. The average molecular weight is 466 g/mol. The van der Waals surface area contributed by atoms with E-state index in [0.29, 0.717) is 0 Å². The number of amides is 3. The summed E-state index contributed by atoms with van der Waals surface area (Å²) in [6, 6.07) is 8.96. The van der Waals surface area contributed by atoms with Gasteiger partial charge in [0, 0.05) is 0 Å². The fourth-order valence-corrected chi connectivity index (χ4v) is 2.41. The third kappa shape index (κ3) is 12.7. The van der Waals surface area contributed by atoms with Crippen LogP contribution in [0, 0.1) is 0 Å². The molecule has 0 atom stereocenters. The Bertz CT molecular complexity index is 821. The molecule has 1 aromatic rings. The number of ether oxygens (including phenoxy) is 3. The zero-order chi connectivity index (χ0) is 24.9. The second-order valence-electron chi connectivity index (χ2n) is 7.83. The van der Waals surface area contributed by atoms with Crippen molar-refractivity contribution in [3.63, 3.8) is 0 Å². The summed E-state index contributed by atoms with van der Waals surface area (Å²) in [6.45, 7) is 4.82. The van der Waals surface area contributed by atoms with Crippen LogP contribution in [0.4, 0.5) is 4.79 Å². The molecule has 0 radical (unpaired) electrons. The smallest absolute Gasteiger partial charge is 0.407 e. The van der Waals surface area contributed by atoms with Crippen molar-refractivity contribution < 1.29 is 38.2 Å². The van der Waals surface area contributed by atoms with Crippen LogP contribution in [0.2, 0.25) is 0 Å². The lowest BCUT2D eigenvalue weighted by atomic mass is 10.2. The molecule has 0 aliphatic rings. The maximum absolute atomic E-state index is 12.6. The maximum Gasteiger partial charge on any atom is 0.407 e. The molecule has 0 unspecified atom stereocenters. The Labute approximate surface area is 192 Å². The molecule has 11 heteroatoms. The van der Waals surface area contributed by atoms with Gasteiger partial charge in [-0.25, -0.2) is 4.79 Å². The largest absolute Gasteiger partial charge is 0.465 e. The van der Waals surface area contributed by atoms with E-state index in [-0.39, 0.29) is 19.8 Å². The highest BCUT2D eigenvalue weighted by Crippen LogP contribution is 2.07. The number of alkyl carbamates (subject to hydrolysis) is 1. The highest BCUT2D eigenvalue weighted by atomic mass is 16.6. The van der Waals surface area contributed by atoms with Crippen LogP contribution in [0.3, 0.4) is 0 Å². The van der Waals surface area contributed by atoms with Crippen LogP contribution in [0.15, 0.2) is 30.3 Å². The van der Waals surface area contributed by atoms with Gasteiger partial charge in [-0.15, -0.1) is 0 Å². The Hall–Kier alpha value is -3.63. The number of hydrogen-bond donors (Lipinski definition) is 2. The number of esters is 2. The third-order valence-corrected chi connectivity index (χ3v) is 3.76. The number of nitrogens with zero attached hydrogens (tertiary/aromatic N) is 1. The quantitative estimate of drug-likeness (QED) is 0.361. The predicted molar refractivity (Wildman–Crippen MR) is 117 cm³/mol. The average Bonchev–Trinajstić information content (AvgIpc) is 2.73. The highest BCUT2D eigenvalue weighted by Gasteiger charge is 2.24. The molecule has 0 spiro atoms. The summed E-state index contributed by atoms with van der Waals surface area (Å²) < 4.78 is 14.9. The highest BCUT2D eigenvalue weighted by molar-refractivity contribution is 5.90. The second-order valence-corrected chi connectivity index (χ2v) is 7.83. The molecule has 0 heterocycles. The van der Waals surface area contributed by atoms with Crippen LogP contribution in [-0.2, 0) is 40.0 Å². The molecule has 1 aromatic carbocycles. The van der Waals surface area contributed by atoms with E-state index in [4.69, 9.17) is 14.2 Å². The van der Waals surface area contributed by atoms with Crippen LogP contribution in [-0.4, -0.2) is 73.1 Å². The molecule has 0 saturated carbocycles. The molecule has 0 saturated heterocycles. The van der Waals surface area contributed by atoms with Crippen molar-refractivity contribution in [3.8, 4) is 0 Å². The molecule has 182 valence electrons. The van der Waals surface area contributed by atoms with Crippen LogP contribution < -0.4 is 10.6 Å². The summed E-state index contributed by atoms with van der Waals surface area (Å²) >= 11 is 0. The van der Waals surface area contributed by atoms with Gasteiger partial charge in [0.25, 0.3) is 0 Å². The van der Waals surface area contributed by atoms with E-state index in [2.05, 4.69) is 10.6 Å². The standard InChI is InChI=1S/C22H31N3O8/c1-5-31-19(28)12-23-17(26)13-25(14-20(29)33-22(2,3)4)18(27)11-24-21(30)32-15-16-9-7-6-8-10-16/h6-10H,5,11-15H2,1-4H3,(H,23,26)(H,24,30). The van der Waals surface area contributed by atoms with Gasteiger partial charge < -0.3 is 29.7 Å². The number of carbonyl (C=O) groups excluding carboxylic acids is 5. The van der Waals surface area contributed by atoms with Gasteiger partial charge >= 0.3 is 18.0 Å². The molecule has 11 nitrogen and oxygen atoms in total. The minimum Gasteiger partial charge on any atom is -0.465 e. The summed E-state index contributed by atoms with van der Waals surface area (Å²) in [7, 11) is 0. The fourth-order valence-electron chi connectivity index (χ4n) is 2.41. The van der Waals surface area contributed by atoms with E-state index in [0.717, 1.165) is 10.5 Å². The summed E-state index contributed by atoms with van der Waals surface area (Å²) in [4.78, 5) is 61.1. The first-order valence-corrected chi connectivity index (χ1v) is 10.4. The van der Waals surface area contributed by atoms with Gasteiger partial charge in [-0.2, -0.15) is 0 Å².